The van der Waals surface area contributed by atoms with Gasteiger partial charge < -0.3 is 10.6 Å². The van der Waals surface area contributed by atoms with Gasteiger partial charge in [0, 0.05) is 30.3 Å². The van der Waals surface area contributed by atoms with Gasteiger partial charge in [0.1, 0.15) is 0 Å². The van der Waals surface area contributed by atoms with Gasteiger partial charge in [0.05, 0.1) is 0 Å². The van der Waals surface area contributed by atoms with E-state index in [0.717, 1.165) is 11.8 Å². The summed E-state index contributed by atoms with van der Waals surface area (Å²) in [5, 5.41) is 7.34. The summed E-state index contributed by atoms with van der Waals surface area (Å²) in [4.78, 5) is 11.4. The van der Waals surface area contributed by atoms with Crippen LogP contribution in [0, 0.1) is 0 Å². The Kier molecular flexibility index (Phi) is 4.53. The van der Waals surface area contributed by atoms with Crippen molar-refractivity contribution in [2.45, 2.75) is 55.9 Å². The first kappa shape index (κ1) is 12.2. The second-order valence-corrected chi connectivity index (χ2v) is 6.05. The largest absolute Gasteiger partial charge is 0.353 e. The van der Waals surface area contributed by atoms with Crippen LogP contribution in [0.15, 0.2) is 0 Å². The van der Waals surface area contributed by atoms with Crippen molar-refractivity contribution in [1.29, 1.82) is 0 Å². The van der Waals surface area contributed by atoms with Crippen molar-refractivity contribution >= 4 is 17.7 Å². The predicted molar refractivity (Wildman–Crippen MR) is 68.7 cm³/mol. The molecule has 0 spiro atoms. The molecule has 2 rings (SSSR count). The van der Waals surface area contributed by atoms with Crippen molar-refractivity contribution in [3.63, 3.8) is 0 Å². The summed E-state index contributed by atoms with van der Waals surface area (Å²) < 4.78 is 0. The molecule has 0 heterocycles. The van der Waals surface area contributed by atoms with Gasteiger partial charge in [-0.25, -0.2) is 0 Å². The number of nitrogens with one attached hydrogen (secondary N) is 2. The van der Waals surface area contributed by atoms with E-state index in [-0.39, 0.29) is 5.91 Å². The lowest BCUT2D eigenvalue weighted by atomic mass is 10.2. The second kappa shape index (κ2) is 5.92. The molecule has 0 aliphatic heterocycles. The molecule has 2 fully saturated rings. The fraction of sp³-hybridized carbons (Fsp3) is 0.917. The fourth-order valence-corrected chi connectivity index (χ4v) is 3.05. The number of rotatable bonds is 6. The lowest BCUT2D eigenvalue weighted by Gasteiger charge is -2.12. The van der Waals surface area contributed by atoms with E-state index in [0.29, 0.717) is 18.5 Å². The smallest absolute Gasteiger partial charge is 0.221 e. The summed E-state index contributed by atoms with van der Waals surface area (Å²) in [5.74, 6) is 0.217. The van der Waals surface area contributed by atoms with Crippen LogP contribution in [0.5, 0.6) is 0 Å². The van der Waals surface area contributed by atoms with Crippen molar-refractivity contribution in [1.82, 2.24) is 10.6 Å². The molecule has 0 saturated heterocycles. The normalized spacial score (nSPS) is 29.3. The van der Waals surface area contributed by atoms with Gasteiger partial charge in [0.25, 0.3) is 0 Å². The minimum absolute atomic E-state index is 0.217. The predicted octanol–water partition coefficient (Wildman–Crippen LogP) is 1.53. The molecule has 2 aliphatic carbocycles. The Balaban J connectivity index is 1.52. The fourth-order valence-electron chi connectivity index (χ4n) is 2.26. The average molecular weight is 242 g/mol. The molecule has 16 heavy (non-hydrogen) atoms. The standard InChI is InChI=1S/C12H22N2OS/c1-16-11-5-4-10(8-11)13-7-6-12(15)14-9-2-3-9/h9-11,13H,2-8H2,1H3,(H,14,15). The zero-order valence-corrected chi connectivity index (χ0v) is 10.8. The molecule has 0 radical (unpaired) electrons. The van der Waals surface area contributed by atoms with Gasteiger partial charge in [-0.1, -0.05) is 0 Å². The van der Waals surface area contributed by atoms with Crippen LogP contribution in [-0.2, 0) is 4.79 Å². The summed E-state index contributed by atoms with van der Waals surface area (Å²) in [7, 11) is 0. The van der Waals surface area contributed by atoms with Crippen LogP contribution in [0.3, 0.4) is 0 Å². The molecule has 2 unspecified atom stereocenters. The molecule has 0 bridgehead atoms. The molecule has 2 N–H and O–H groups in total. The number of thioether (sulfide) groups is 1. The van der Waals surface area contributed by atoms with E-state index >= 15 is 0 Å². The van der Waals surface area contributed by atoms with Gasteiger partial charge in [-0.05, 0) is 38.4 Å². The van der Waals surface area contributed by atoms with Gasteiger partial charge in [-0.15, -0.1) is 0 Å². The zero-order valence-electron chi connectivity index (χ0n) is 10.00. The van der Waals surface area contributed by atoms with E-state index in [1.807, 2.05) is 11.8 Å². The van der Waals surface area contributed by atoms with Gasteiger partial charge in [-0.2, -0.15) is 11.8 Å². The molecule has 2 saturated carbocycles. The molecule has 3 nitrogen and oxygen atoms in total. The number of carbonyl (C=O) groups excluding carboxylic acids is 1. The van der Waals surface area contributed by atoms with Gasteiger partial charge in [-0.3, -0.25) is 4.79 Å². The molecule has 0 aromatic carbocycles. The van der Waals surface area contributed by atoms with Crippen LogP contribution < -0.4 is 10.6 Å². The third-order valence-electron chi connectivity index (χ3n) is 3.45. The minimum atomic E-state index is 0.217. The average Bonchev–Trinajstić information content (AvgIpc) is 2.96. The zero-order chi connectivity index (χ0) is 11.4. The first-order chi connectivity index (χ1) is 7.78. The summed E-state index contributed by atoms with van der Waals surface area (Å²) in [6.07, 6.45) is 9.05. The van der Waals surface area contributed by atoms with E-state index in [9.17, 15) is 4.79 Å². The molecule has 2 atom stereocenters. The first-order valence-electron chi connectivity index (χ1n) is 6.33. The summed E-state index contributed by atoms with van der Waals surface area (Å²) >= 11 is 1.97. The molecule has 4 heteroatoms. The quantitative estimate of drug-likeness (QED) is 0.742. The molecular formula is C12H22N2OS. The van der Waals surface area contributed by atoms with Gasteiger partial charge in [0.2, 0.25) is 5.91 Å². The van der Waals surface area contributed by atoms with Crippen molar-refractivity contribution in [3.05, 3.63) is 0 Å². The van der Waals surface area contributed by atoms with E-state index in [4.69, 9.17) is 0 Å². The van der Waals surface area contributed by atoms with Crippen LogP contribution in [0.4, 0.5) is 0 Å². The molecule has 2 aliphatic rings. The Morgan fingerprint density at radius 1 is 1.25 bits per heavy atom. The van der Waals surface area contributed by atoms with Crippen molar-refractivity contribution < 1.29 is 4.79 Å². The molecule has 1 amide bonds. The Morgan fingerprint density at radius 2 is 2.00 bits per heavy atom. The van der Waals surface area contributed by atoms with Crippen LogP contribution in [0.2, 0.25) is 0 Å². The van der Waals surface area contributed by atoms with Gasteiger partial charge >= 0.3 is 0 Å². The second-order valence-electron chi connectivity index (χ2n) is 4.91. The highest BCUT2D eigenvalue weighted by molar-refractivity contribution is 7.99. The summed E-state index contributed by atoms with van der Waals surface area (Å²) in [5.41, 5.74) is 0. The number of hydrogen-bond acceptors (Lipinski definition) is 3. The molecule has 92 valence electrons. The highest BCUT2D eigenvalue weighted by atomic mass is 32.2. The SMILES string of the molecule is CSC1CCC(NCCC(=O)NC2CC2)C1. The molecule has 0 aromatic heterocycles. The topological polar surface area (TPSA) is 41.1 Å². The van der Waals surface area contributed by atoms with Crippen molar-refractivity contribution in [2.75, 3.05) is 12.8 Å². The third-order valence-corrected chi connectivity index (χ3v) is 4.54. The summed E-state index contributed by atoms with van der Waals surface area (Å²) in [6.45, 7) is 0.838. The number of amides is 1. The Morgan fingerprint density at radius 3 is 2.62 bits per heavy atom. The third kappa shape index (κ3) is 3.98. The van der Waals surface area contributed by atoms with E-state index in [2.05, 4.69) is 16.9 Å². The Labute approximate surface area is 102 Å². The van der Waals surface area contributed by atoms with Crippen LogP contribution >= 0.6 is 11.8 Å². The first-order valence-corrected chi connectivity index (χ1v) is 7.62. The maximum absolute atomic E-state index is 11.4. The maximum Gasteiger partial charge on any atom is 0.221 e. The Bertz CT molecular complexity index is 243. The van der Waals surface area contributed by atoms with E-state index in [1.165, 1.54) is 32.1 Å². The van der Waals surface area contributed by atoms with E-state index in [1.54, 1.807) is 0 Å². The van der Waals surface area contributed by atoms with Crippen LogP contribution in [0.25, 0.3) is 0 Å². The van der Waals surface area contributed by atoms with Crippen molar-refractivity contribution in [3.8, 4) is 0 Å². The minimum Gasteiger partial charge on any atom is -0.353 e. The van der Waals surface area contributed by atoms with Crippen LogP contribution in [0.1, 0.15) is 38.5 Å². The Hall–Kier alpha value is -0.220. The number of carbonyl (C=O) groups is 1. The maximum atomic E-state index is 11.4. The highest BCUT2D eigenvalue weighted by Crippen LogP contribution is 2.28. The van der Waals surface area contributed by atoms with Crippen molar-refractivity contribution in [2.24, 2.45) is 0 Å². The lowest BCUT2D eigenvalue weighted by molar-refractivity contribution is -0.121. The monoisotopic (exact) mass is 242 g/mol. The molecular weight excluding hydrogens is 220 g/mol. The van der Waals surface area contributed by atoms with Crippen LogP contribution in [-0.4, -0.2) is 36.0 Å². The lowest BCUT2D eigenvalue weighted by Crippen LogP contribution is -2.33. The highest BCUT2D eigenvalue weighted by Gasteiger charge is 2.24. The van der Waals surface area contributed by atoms with E-state index < -0.39 is 0 Å². The number of hydrogen-bond donors (Lipinski definition) is 2. The van der Waals surface area contributed by atoms with Gasteiger partial charge in [0.15, 0.2) is 0 Å². The molecule has 0 aromatic rings. The summed E-state index contributed by atoms with van der Waals surface area (Å²) in [6, 6.07) is 1.14.